The van der Waals surface area contributed by atoms with Crippen molar-refractivity contribution in [2.75, 3.05) is 7.05 Å². The van der Waals surface area contributed by atoms with E-state index >= 15 is 0 Å². The molecule has 0 heterocycles. The highest BCUT2D eigenvalue weighted by Gasteiger charge is 1.97. The fourth-order valence-corrected chi connectivity index (χ4v) is 0.308. The van der Waals surface area contributed by atoms with E-state index in [9.17, 15) is 4.79 Å². The van der Waals surface area contributed by atoms with Gasteiger partial charge in [0.2, 0.25) is 0 Å². The van der Waals surface area contributed by atoms with Crippen molar-refractivity contribution < 1.29 is 4.79 Å². The molecule has 0 radical (unpaired) electrons. The molecule has 0 aliphatic heterocycles. The van der Waals surface area contributed by atoms with Gasteiger partial charge in [0.25, 0.3) is 5.91 Å². The zero-order chi connectivity index (χ0) is 5.86. The maximum Gasteiger partial charge on any atom is 0.276 e. The molecule has 0 atom stereocenters. The van der Waals surface area contributed by atoms with Gasteiger partial charge in [0.15, 0.2) is 4.62 Å². The number of carbonyl (C=O) groups excluding carboxylic acids is 1. The fraction of sp³-hybridized carbons (Fsp3) is 0.333. The number of rotatable bonds is 1. The van der Waals surface area contributed by atoms with E-state index in [1.807, 2.05) is 0 Å². The van der Waals surface area contributed by atoms with Crippen LogP contribution >= 0.6 is 15.9 Å². The normalized spacial score (nSPS) is 7.71. The van der Waals surface area contributed by atoms with E-state index in [0.29, 0.717) is 0 Å². The predicted octanol–water partition coefficient (Wildman–Crippen LogP) is 0.105. The summed E-state index contributed by atoms with van der Waals surface area (Å²) in [5.41, 5.74) is 0. The molecule has 2 N–H and O–H groups in total. The first-order chi connectivity index (χ1) is 3.18. The molecule has 3 nitrogen and oxygen atoms in total. The molecule has 0 saturated heterocycles. The van der Waals surface area contributed by atoms with E-state index < -0.39 is 5.91 Å². The molecule has 0 rings (SSSR count). The van der Waals surface area contributed by atoms with E-state index in [1.54, 1.807) is 0 Å². The Morgan fingerprint density at radius 1 is 1.86 bits per heavy atom. The maximum absolute atomic E-state index is 10.1. The third-order valence-corrected chi connectivity index (χ3v) is 0.787. The van der Waals surface area contributed by atoms with Crippen LogP contribution in [0.15, 0.2) is 0 Å². The second-order valence-corrected chi connectivity index (χ2v) is 1.69. The van der Waals surface area contributed by atoms with Gasteiger partial charge < -0.3 is 5.32 Å². The highest BCUT2D eigenvalue weighted by atomic mass is 79.9. The second kappa shape index (κ2) is 2.74. The van der Waals surface area contributed by atoms with Crippen LogP contribution in [0.1, 0.15) is 0 Å². The lowest BCUT2D eigenvalue weighted by Gasteiger charge is -1.88. The standard InChI is InChI=1S/C3H5BrN2O/c1-6-3(7)2(4)5/h5H,1H3,(H,6,7). The molecule has 0 aliphatic carbocycles. The van der Waals surface area contributed by atoms with E-state index in [0.717, 1.165) is 0 Å². The molecule has 0 aliphatic rings. The van der Waals surface area contributed by atoms with Crippen molar-refractivity contribution in [1.29, 1.82) is 5.41 Å². The minimum absolute atomic E-state index is 0.144. The minimum Gasteiger partial charge on any atom is -0.353 e. The average molecular weight is 165 g/mol. The van der Waals surface area contributed by atoms with Crippen LogP contribution in [0.5, 0.6) is 0 Å². The Balaban J connectivity index is 3.58. The first-order valence-corrected chi connectivity index (χ1v) is 2.44. The van der Waals surface area contributed by atoms with Crippen LogP contribution < -0.4 is 5.32 Å². The summed E-state index contributed by atoms with van der Waals surface area (Å²) in [6, 6.07) is 0. The molecule has 0 unspecified atom stereocenters. The Hall–Kier alpha value is -0.380. The lowest BCUT2D eigenvalue weighted by atomic mass is 10.7. The van der Waals surface area contributed by atoms with Crippen molar-refractivity contribution in [2.24, 2.45) is 0 Å². The number of carbonyl (C=O) groups is 1. The number of hydrogen-bond acceptors (Lipinski definition) is 2. The average Bonchev–Trinajstić information content (AvgIpc) is 1.65. The second-order valence-electron chi connectivity index (χ2n) is 0.893. The number of nitrogens with one attached hydrogen (secondary N) is 2. The Morgan fingerprint density at radius 3 is 2.29 bits per heavy atom. The first-order valence-electron chi connectivity index (χ1n) is 1.64. The first kappa shape index (κ1) is 6.62. The van der Waals surface area contributed by atoms with E-state index in [2.05, 4.69) is 21.2 Å². The molecule has 1 amide bonds. The summed E-state index contributed by atoms with van der Waals surface area (Å²) >= 11 is 2.67. The topological polar surface area (TPSA) is 53.0 Å². The number of halogens is 1. The smallest absolute Gasteiger partial charge is 0.276 e. The van der Waals surface area contributed by atoms with Gasteiger partial charge in [-0.3, -0.25) is 10.2 Å². The molecular weight excluding hydrogens is 160 g/mol. The van der Waals surface area contributed by atoms with Crippen molar-refractivity contribution in [3.05, 3.63) is 0 Å². The summed E-state index contributed by atoms with van der Waals surface area (Å²) < 4.78 is -0.144. The SMILES string of the molecule is CNC(=O)C(=N)Br. The highest BCUT2D eigenvalue weighted by Crippen LogP contribution is 1.81. The van der Waals surface area contributed by atoms with Gasteiger partial charge in [-0.25, -0.2) is 0 Å². The van der Waals surface area contributed by atoms with Crippen LogP contribution in [0, 0.1) is 5.41 Å². The van der Waals surface area contributed by atoms with Crippen LogP contribution in [-0.2, 0) is 4.79 Å². The van der Waals surface area contributed by atoms with Gasteiger partial charge in [-0.05, 0) is 15.9 Å². The van der Waals surface area contributed by atoms with Crippen LogP contribution in [0.25, 0.3) is 0 Å². The summed E-state index contributed by atoms with van der Waals surface area (Å²) in [5.74, 6) is -0.403. The van der Waals surface area contributed by atoms with Crippen LogP contribution in [-0.4, -0.2) is 17.6 Å². The summed E-state index contributed by atoms with van der Waals surface area (Å²) in [6.07, 6.45) is 0. The molecule has 40 valence electrons. The molecule has 4 heteroatoms. The Labute approximate surface area is 49.7 Å². The molecule has 0 aromatic heterocycles. The molecule has 7 heavy (non-hydrogen) atoms. The minimum atomic E-state index is -0.403. The van der Waals surface area contributed by atoms with Crippen molar-refractivity contribution in [1.82, 2.24) is 5.32 Å². The zero-order valence-electron chi connectivity index (χ0n) is 3.79. The lowest BCUT2D eigenvalue weighted by molar-refractivity contribution is -0.114. The summed E-state index contributed by atoms with van der Waals surface area (Å²) in [4.78, 5) is 10.1. The Kier molecular flexibility index (Phi) is 2.59. The van der Waals surface area contributed by atoms with Gasteiger partial charge in [0.05, 0.1) is 0 Å². The van der Waals surface area contributed by atoms with Crippen molar-refractivity contribution in [3.63, 3.8) is 0 Å². The van der Waals surface area contributed by atoms with Gasteiger partial charge in [-0.15, -0.1) is 0 Å². The van der Waals surface area contributed by atoms with Gasteiger partial charge in [-0.1, -0.05) is 0 Å². The molecule has 0 spiro atoms. The summed E-state index contributed by atoms with van der Waals surface area (Å²) in [6.45, 7) is 0. The molecule has 0 saturated carbocycles. The third kappa shape index (κ3) is 2.33. The fourth-order valence-electron chi connectivity index (χ4n) is 0.110. The monoisotopic (exact) mass is 164 g/mol. The van der Waals surface area contributed by atoms with Gasteiger partial charge >= 0.3 is 0 Å². The van der Waals surface area contributed by atoms with E-state index in [-0.39, 0.29) is 4.62 Å². The molecular formula is C3H5BrN2O. The Morgan fingerprint density at radius 2 is 2.29 bits per heavy atom. The summed E-state index contributed by atoms with van der Waals surface area (Å²) in [5, 5.41) is 8.86. The number of amides is 1. The Bertz CT molecular complexity index is 101. The summed E-state index contributed by atoms with van der Waals surface area (Å²) in [7, 11) is 1.47. The van der Waals surface area contributed by atoms with Crippen molar-refractivity contribution in [3.8, 4) is 0 Å². The van der Waals surface area contributed by atoms with Crippen LogP contribution in [0.2, 0.25) is 0 Å². The van der Waals surface area contributed by atoms with Crippen LogP contribution in [0.4, 0.5) is 0 Å². The molecule has 0 bridgehead atoms. The largest absolute Gasteiger partial charge is 0.353 e. The highest BCUT2D eigenvalue weighted by molar-refractivity contribution is 9.19. The van der Waals surface area contributed by atoms with Gasteiger partial charge in [-0.2, -0.15) is 0 Å². The molecule has 0 fully saturated rings. The van der Waals surface area contributed by atoms with Crippen molar-refractivity contribution >= 4 is 26.5 Å². The molecule has 0 aromatic rings. The quantitative estimate of drug-likeness (QED) is 0.532. The van der Waals surface area contributed by atoms with E-state index in [4.69, 9.17) is 5.41 Å². The zero-order valence-corrected chi connectivity index (χ0v) is 5.37. The van der Waals surface area contributed by atoms with Crippen LogP contribution in [0.3, 0.4) is 0 Å². The lowest BCUT2D eigenvalue weighted by Crippen LogP contribution is -2.22. The molecule has 0 aromatic carbocycles. The predicted molar refractivity (Wildman–Crippen MR) is 30.7 cm³/mol. The number of hydrogen-bond donors (Lipinski definition) is 2. The third-order valence-electron chi connectivity index (χ3n) is 0.426. The van der Waals surface area contributed by atoms with E-state index in [1.165, 1.54) is 7.05 Å². The van der Waals surface area contributed by atoms with Crippen molar-refractivity contribution in [2.45, 2.75) is 0 Å². The maximum atomic E-state index is 10.1. The van der Waals surface area contributed by atoms with Gasteiger partial charge in [0, 0.05) is 7.05 Å². The van der Waals surface area contributed by atoms with Gasteiger partial charge in [0.1, 0.15) is 0 Å².